The summed E-state index contributed by atoms with van der Waals surface area (Å²) in [5.74, 6) is 2.50. The molecule has 0 aromatic rings. The van der Waals surface area contributed by atoms with E-state index in [1.54, 1.807) is 0 Å². The Morgan fingerprint density at radius 3 is 2.14 bits per heavy atom. The van der Waals surface area contributed by atoms with Crippen LogP contribution in [0.15, 0.2) is 0 Å². The van der Waals surface area contributed by atoms with Gasteiger partial charge in [-0.2, -0.15) is 0 Å². The van der Waals surface area contributed by atoms with Crippen molar-refractivity contribution in [1.82, 2.24) is 0 Å². The van der Waals surface area contributed by atoms with Crippen LogP contribution in [0.1, 0.15) is 52.4 Å². The Morgan fingerprint density at radius 1 is 1.14 bits per heavy atom. The molecule has 0 radical (unpaired) electrons. The van der Waals surface area contributed by atoms with Gasteiger partial charge in [-0.3, -0.25) is 0 Å². The molecule has 80 valence electrons. The molecule has 2 atom stereocenters. The molecule has 1 N–H and O–H groups in total. The Bertz CT molecular complexity index is 242. The molecular formula is C13H22O. The quantitative estimate of drug-likeness (QED) is 0.680. The van der Waals surface area contributed by atoms with Crippen molar-refractivity contribution < 1.29 is 5.11 Å². The number of hydrogen-bond donors (Lipinski definition) is 1. The van der Waals surface area contributed by atoms with E-state index in [1.165, 1.54) is 19.3 Å². The first-order valence-electron chi connectivity index (χ1n) is 6.28. The fraction of sp³-hybridized carbons (Fsp3) is 1.00. The van der Waals surface area contributed by atoms with Crippen molar-refractivity contribution in [2.45, 2.75) is 58.0 Å². The lowest BCUT2D eigenvalue weighted by Crippen LogP contribution is -2.58. The number of rotatable bonds is 1. The van der Waals surface area contributed by atoms with Crippen molar-refractivity contribution in [3.8, 4) is 0 Å². The van der Waals surface area contributed by atoms with Crippen molar-refractivity contribution in [1.29, 1.82) is 0 Å². The summed E-state index contributed by atoms with van der Waals surface area (Å²) in [6, 6.07) is 0. The van der Waals surface area contributed by atoms with Crippen LogP contribution in [0.2, 0.25) is 0 Å². The second-order valence-electron chi connectivity index (χ2n) is 6.43. The van der Waals surface area contributed by atoms with Crippen LogP contribution in [-0.2, 0) is 0 Å². The lowest BCUT2D eigenvalue weighted by molar-refractivity contribution is -0.186. The minimum absolute atomic E-state index is 0.245. The third-order valence-corrected chi connectivity index (χ3v) is 5.78. The highest BCUT2D eigenvalue weighted by molar-refractivity contribution is 5.09. The van der Waals surface area contributed by atoms with Crippen LogP contribution < -0.4 is 0 Å². The smallest absolute Gasteiger partial charge is 0.0656 e. The topological polar surface area (TPSA) is 20.2 Å². The second kappa shape index (κ2) is 2.55. The molecule has 0 aromatic carbocycles. The minimum atomic E-state index is -0.245. The molecule has 0 aromatic heterocycles. The maximum absolute atomic E-state index is 10.4. The van der Waals surface area contributed by atoms with E-state index in [4.69, 9.17) is 0 Å². The average Bonchev–Trinajstić information content (AvgIpc) is 2.11. The van der Waals surface area contributed by atoms with Crippen molar-refractivity contribution in [3.05, 3.63) is 0 Å². The molecule has 0 spiro atoms. The monoisotopic (exact) mass is 194 g/mol. The largest absolute Gasteiger partial charge is 0.390 e. The Labute approximate surface area is 86.9 Å². The van der Waals surface area contributed by atoms with Gasteiger partial charge in [0, 0.05) is 0 Å². The van der Waals surface area contributed by atoms with Crippen molar-refractivity contribution in [2.24, 2.45) is 23.2 Å². The highest BCUT2D eigenvalue weighted by atomic mass is 16.3. The SMILES string of the molecule is CCC1(C)C2CC3CC1CC(O)(C3)C2. The zero-order valence-corrected chi connectivity index (χ0v) is 9.42. The van der Waals surface area contributed by atoms with Crippen LogP contribution in [0.5, 0.6) is 0 Å². The predicted octanol–water partition coefficient (Wildman–Crippen LogP) is 2.97. The molecule has 2 unspecified atom stereocenters. The molecule has 0 aliphatic heterocycles. The van der Waals surface area contributed by atoms with Gasteiger partial charge in [-0.1, -0.05) is 20.3 Å². The third kappa shape index (κ3) is 0.997. The summed E-state index contributed by atoms with van der Waals surface area (Å²) in [6.45, 7) is 4.82. The molecule has 4 bridgehead atoms. The van der Waals surface area contributed by atoms with Crippen molar-refractivity contribution in [3.63, 3.8) is 0 Å². The van der Waals surface area contributed by atoms with Crippen LogP contribution >= 0.6 is 0 Å². The molecule has 1 nitrogen and oxygen atoms in total. The molecule has 14 heavy (non-hydrogen) atoms. The van der Waals surface area contributed by atoms with Gasteiger partial charge in [0.15, 0.2) is 0 Å². The van der Waals surface area contributed by atoms with Gasteiger partial charge in [0.05, 0.1) is 5.60 Å². The van der Waals surface area contributed by atoms with Crippen LogP contribution in [0.4, 0.5) is 0 Å². The molecule has 1 heteroatoms. The van der Waals surface area contributed by atoms with Crippen molar-refractivity contribution >= 4 is 0 Å². The van der Waals surface area contributed by atoms with Crippen molar-refractivity contribution in [2.75, 3.05) is 0 Å². The fourth-order valence-electron chi connectivity index (χ4n) is 4.85. The molecule has 0 heterocycles. The number of hydrogen-bond acceptors (Lipinski definition) is 1. The highest BCUT2D eigenvalue weighted by Crippen LogP contribution is 2.64. The van der Waals surface area contributed by atoms with Gasteiger partial charge >= 0.3 is 0 Å². The summed E-state index contributed by atoms with van der Waals surface area (Å²) in [5, 5.41) is 10.4. The van der Waals surface area contributed by atoms with E-state index in [9.17, 15) is 5.11 Å². The van der Waals surface area contributed by atoms with E-state index in [0.717, 1.165) is 37.0 Å². The normalized spacial score (nSPS) is 60.6. The predicted molar refractivity (Wildman–Crippen MR) is 56.9 cm³/mol. The third-order valence-electron chi connectivity index (χ3n) is 5.78. The Morgan fingerprint density at radius 2 is 1.71 bits per heavy atom. The maximum Gasteiger partial charge on any atom is 0.0656 e. The van der Waals surface area contributed by atoms with Gasteiger partial charge in [0.1, 0.15) is 0 Å². The van der Waals surface area contributed by atoms with Gasteiger partial charge in [0.2, 0.25) is 0 Å². The zero-order chi connectivity index (χ0) is 9.97. The van der Waals surface area contributed by atoms with Crippen LogP contribution in [0.25, 0.3) is 0 Å². The van der Waals surface area contributed by atoms with Crippen LogP contribution in [0, 0.1) is 23.2 Å². The molecule has 4 fully saturated rings. The highest BCUT2D eigenvalue weighted by Gasteiger charge is 2.58. The first kappa shape index (κ1) is 9.21. The second-order valence-corrected chi connectivity index (χ2v) is 6.43. The van der Waals surface area contributed by atoms with E-state index in [-0.39, 0.29) is 5.60 Å². The van der Waals surface area contributed by atoms with Gasteiger partial charge < -0.3 is 5.11 Å². The molecule has 4 saturated carbocycles. The molecular weight excluding hydrogens is 172 g/mol. The average molecular weight is 194 g/mol. The zero-order valence-electron chi connectivity index (χ0n) is 9.42. The summed E-state index contributed by atoms with van der Waals surface area (Å²) < 4.78 is 0. The van der Waals surface area contributed by atoms with E-state index in [0.29, 0.717) is 5.41 Å². The molecule has 4 aliphatic carbocycles. The molecule has 0 amide bonds. The first-order chi connectivity index (χ1) is 6.56. The van der Waals surface area contributed by atoms with Gasteiger partial charge in [-0.05, 0) is 55.3 Å². The van der Waals surface area contributed by atoms with Crippen LogP contribution in [0.3, 0.4) is 0 Å². The maximum atomic E-state index is 10.4. The van der Waals surface area contributed by atoms with Crippen LogP contribution in [-0.4, -0.2) is 10.7 Å². The standard InChI is InChI=1S/C13H22O/c1-3-12(2)10-4-9-5-11(12)8-13(14,6-9)7-10/h9-11,14H,3-8H2,1-2H3. The summed E-state index contributed by atoms with van der Waals surface area (Å²) in [6.07, 6.45) is 7.44. The number of aliphatic hydroxyl groups is 1. The summed E-state index contributed by atoms with van der Waals surface area (Å²) in [5.41, 5.74) is 0.314. The lowest BCUT2D eigenvalue weighted by Gasteiger charge is -2.63. The Kier molecular flexibility index (Phi) is 1.68. The Balaban J connectivity index is 1.96. The van der Waals surface area contributed by atoms with Gasteiger partial charge in [-0.15, -0.1) is 0 Å². The van der Waals surface area contributed by atoms with Gasteiger partial charge in [0.25, 0.3) is 0 Å². The van der Waals surface area contributed by atoms with E-state index in [1.807, 2.05) is 0 Å². The first-order valence-corrected chi connectivity index (χ1v) is 6.28. The summed E-state index contributed by atoms with van der Waals surface area (Å²) in [4.78, 5) is 0. The fourth-order valence-corrected chi connectivity index (χ4v) is 4.85. The molecule has 4 rings (SSSR count). The Hall–Kier alpha value is -0.0400. The molecule has 0 saturated heterocycles. The summed E-state index contributed by atoms with van der Waals surface area (Å²) in [7, 11) is 0. The minimum Gasteiger partial charge on any atom is -0.390 e. The van der Waals surface area contributed by atoms with E-state index >= 15 is 0 Å². The summed E-state index contributed by atoms with van der Waals surface area (Å²) >= 11 is 0. The lowest BCUT2D eigenvalue weighted by atomic mass is 9.44. The van der Waals surface area contributed by atoms with E-state index in [2.05, 4.69) is 13.8 Å². The van der Waals surface area contributed by atoms with E-state index < -0.39 is 0 Å². The van der Waals surface area contributed by atoms with Gasteiger partial charge in [-0.25, -0.2) is 0 Å². The molecule has 4 aliphatic rings.